The minimum Gasteiger partial charge on any atom is -0.452 e. The first-order valence-corrected chi connectivity index (χ1v) is 10.5. The second-order valence-corrected chi connectivity index (χ2v) is 7.58. The summed E-state index contributed by atoms with van der Waals surface area (Å²) in [5, 5.41) is 3.28. The Morgan fingerprint density at radius 2 is 1.88 bits per heavy atom. The number of benzene rings is 2. The molecule has 32 heavy (non-hydrogen) atoms. The Balaban J connectivity index is 1.57. The van der Waals surface area contributed by atoms with E-state index in [1.807, 2.05) is 24.3 Å². The molecule has 0 spiro atoms. The fraction of sp³-hybridized carbons (Fsp3) is 0.250. The average Bonchev–Trinajstić information content (AvgIpc) is 2.80. The van der Waals surface area contributed by atoms with Gasteiger partial charge in [-0.25, -0.2) is 4.79 Å². The van der Waals surface area contributed by atoms with Crippen molar-refractivity contribution in [3.8, 4) is 0 Å². The van der Waals surface area contributed by atoms with Crippen molar-refractivity contribution in [1.29, 1.82) is 0 Å². The van der Waals surface area contributed by atoms with Crippen molar-refractivity contribution < 1.29 is 19.1 Å². The molecule has 4 rings (SSSR count). The van der Waals surface area contributed by atoms with Gasteiger partial charge in [-0.2, -0.15) is 0 Å². The number of pyridine rings is 1. The molecule has 0 unspecified atom stereocenters. The molecular weight excluding hydrogens is 408 g/mol. The van der Waals surface area contributed by atoms with Gasteiger partial charge in [-0.1, -0.05) is 37.3 Å². The lowest BCUT2D eigenvalue weighted by Gasteiger charge is -2.28. The molecule has 1 aliphatic heterocycles. The zero-order valence-electron chi connectivity index (χ0n) is 17.8. The number of nitrogens with two attached hydrogens (primary N) is 1. The van der Waals surface area contributed by atoms with Crippen LogP contribution in [0.4, 0.5) is 5.69 Å². The number of nitrogens with zero attached hydrogens (tertiary/aromatic N) is 2. The van der Waals surface area contributed by atoms with E-state index >= 15 is 0 Å². The van der Waals surface area contributed by atoms with E-state index in [0.29, 0.717) is 17.5 Å². The van der Waals surface area contributed by atoms with E-state index in [-0.39, 0.29) is 11.3 Å². The number of fused-ring (bicyclic) bond motifs is 2. The highest BCUT2D eigenvalue weighted by Gasteiger charge is 2.26. The van der Waals surface area contributed by atoms with Crippen LogP contribution in [0.2, 0.25) is 0 Å². The molecular formula is C24H24N4O4. The lowest BCUT2D eigenvalue weighted by atomic mass is 9.96. The van der Waals surface area contributed by atoms with E-state index in [1.165, 1.54) is 6.07 Å². The summed E-state index contributed by atoms with van der Waals surface area (Å²) in [4.78, 5) is 44.1. The Hall–Kier alpha value is -3.78. The molecule has 2 amide bonds. The van der Waals surface area contributed by atoms with Gasteiger partial charge in [0.1, 0.15) is 0 Å². The number of hydrogen-bond donors (Lipinski definition) is 2. The molecule has 164 valence electrons. The van der Waals surface area contributed by atoms with Crippen molar-refractivity contribution in [1.82, 2.24) is 9.88 Å². The fourth-order valence-corrected chi connectivity index (χ4v) is 3.95. The summed E-state index contributed by atoms with van der Waals surface area (Å²) in [6, 6.07) is 13.8. The van der Waals surface area contributed by atoms with E-state index in [4.69, 9.17) is 15.5 Å². The molecule has 8 nitrogen and oxygen atoms in total. The van der Waals surface area contributed by atoms with Gasteiger partial charge >= 0.3 is 5.97 Å². The standard InChI is InChI=1S/C24H24N4O4/c1-2-28-12-11-20-17(13-28)22(15-7-3-5-9-18(15)26-20)24(31)32-14-21(29)27-19-10-6-4-8-16(19)23(25)30/h3-10H,2,11-14H2,1H3,(H2,25,30)(H,27,29). The number of amides is 2. The molecule has 0 radical (unpaired) electrons. The summed E-state index contributed by atoms with van der Waals surface area (Å²) < 4.78 is 5.39. The normalized spacial score (nSPS) is 13.4. The van der Waals surface area contributed by atoms with Crippen LogP contribution in [0.1, 0.15) is 38.9 Å². The maximum atomic E-state index is 13.1. The van der Waals surface area contributed by atoms with Crippen molar-refractivity contribution in [2.45, 2.75) is 19.9 Å². The van der Waals surface area contributed by atoms with Crippen LogP contribution in [0.25, 0.3) is 10.9 Å². The number of likely N-dealkylation sites (N-methyl/N-ethyl adjacent to an activating group) is 1. The number of hydrogen-bond acceptors (Lipinski definition) is 6. The van der Waals surface area contributed by atoms with Gasteiger partial charge in [-0.15, -0.1) is 0 Å². The summed E-state index contributed by atoms with van der Waals surface area (Å²) in [5.74, 6) is -1.79. The van der Waals surface area contributed by atoms with Gasteiger partial charge < -0.3 is 15.8 Å². The molecule has 0 aliphatic carbocycles. The molecule has 3 N–H and O–H groups in total. The van der Waals surface area contributed by atoms with E-state index < -0.39 is 24.4 Å². The van der Waals surface area contributed by atoms with Crippen LogP contribution in [-0.4, -0.2) is 47.4 Å². The number of anilines is 1. The Bertz CT molecular complexity index is 1210. The van der Waals surface area contributed by atoms with E-state index in [2.05, 4.69) is 17.1 Å². The predicted molar refractivity (Wildman–Crippen MR) is 120 cm³/mol. The molecule has 1 aromatic heterocycles. The summed E-state index contributed by atoms with van der Waals surface area (Å²) in [7, 11) is 0. The van der Waals surface area contributed by atoms with Crippen LogP contribution in [0.3, 0.4) is 0 Å². The molecule has 0 bridgehead atoms. The maximum Gasteiger partial charge on any atom is 0.339 e. The largest absolute Gasteiger partial charge is 0.452 e. The third-order valence-electron chi connectivity index (χ3n) is 5.58. The lowest BCUT2D eigenvalue weighted by molar-refractivity contribution is -0.119. The van der Waals surface area contributed by atoms with Crippen LogP contribution >= 0.6 is 0 Å². The quantitative estimate of drug-likeness (QED) is 0.579. The highest BCUT2D eigenvalue weighted by atomic mass is 16.5. The van der Waals surface area contributed by atoms with Gasteiger partial charge in [-0.05, 0) is 24.7 Å². The molecule has 3 aromatic rings. The number of para-hydroxylation sites is 2. The minimum absolute atomic E-state index is 0.182. The van der Waals surface area contributed by atoms with E-state index in [0.717, 1.165) is 36.3 Å². The van der Waals surface area contributed by atoms with Crippen LogP contribution in [0, 0.1) is 0 Å². The number of primary amides is 1. The van der Waals surface area contributed by atoms with Crippen LogP contribution in [0.5, 0.6) is 0 Å². The predicted octanol–water partition coefficient (Wildman–Crippen LogP) is 2.51. The number of carbonyl (C=O) groups excluding carboxylic acids is 3. The van der Waals surface area contributed by atoms with Crippen molar-refractivity contribution >= 4 is 34.4 Å². The van der Waals surface area contributed by atoms with Gasteiger partial charge in [-0.3, -0.25) is 19.5 Å². The monoisotopic (exact) mass is 432 g/mol. The smallest absolute Gasteiger partial charge is 0.339 e. The zero-order valence-corrected chi connectivity index (χ0v) is 17.8. The number of aromatic nitrogens is 1. The number of ether oxygens (including phenoxy) is 1. The summed E-state index contributed by atoms with van der Waals surface area (Å²) in [6.07, 6.45) is 0.749. The first-order valence-electron chi connectivity index (χ1n) is 10.5. The van der Waals surface area contributed by atoms with Crippen molar-refractivity contribution in [3.05, 3.63) is 70.9 Å². The summed E-state index contributed by atoms with van der Waals surface area (Å²) >= 11 is 0. The molecule has 8 heteroatoms. The number of carbonyl (C=O) groups is 3. The van der Waals surface area contributed by atoms with Gasteiger partial charge in [0.2, 0.25) is 0 Å². The summed E-state index contributed by atoms with van der Waals surface area (Å²) in [5.41, 5.74) is 8.71. The lowest BCUT2D eigenvalue weighted by Crippen LogP contribution is -2.32. The van der Waals surface area contributed by atoms with Crippen LogP contribution in [-0.2, 0) is 22.5 Å². The number of esters is 1. The first kappa shape index (κ1) is 21.5. The number of rotatable bonds is 6. The Kier molecular flexibility index (Phi) is 6.13. The number of nitrogens with one attached hydrogen (secondary N) is 1. The van der Waals surface area contributed by atoms with Crippen LogP contribution in [0.15, 0.2) is 48.5 Å². The molecule has 1 aliphatic rings. The minimum atomic E-state index is -0.659. The Labute approximate surface area is 185 Å². The van der Waals surface area contributed by atoms with E-state index in [9.17, 15) is 14.4 Å². The van der Waals surface area contributed by atoms with Crippen LogP contribution < -0.4 is 11.1 Å². The third-order valence-corrected chi connectivity index (χ3v) is 5.58. The van der Waals surface area contributed by atoms with Crippen molar-refractivity contribution in [2.75, 3.05) is 25.0 Å². The second-order valence-electron chi connectivity index (χ2n) is 7.58. The highest BCUT2D eigenvalue weighted by molar-refractivity contribution is 6.07. The van der Waals surface area contributed by atoms with Crippen molar-refractivity contribution in [2.24, 2.45) is 5.73 Å². The third kappa shape index (κ3) is 4.31. The average molecular weight is 432 g/mol. The molecule has 2 aromatic carbocycles. The molecule has 0 saturated heterocycles. The Morgan fingerprint density at radius 1 is 1.12 bits per heavy atom. The Morgan fingerprint density at radius 3 is 2.66 bits per heavy atom. The molecule has 0 atom stereocenters. The highest BCUT2D eigenvalue weighted by Crippen LogP contribution is 2.28. The topological polar surface area (TPSA) is 115 Å². The van der Waals surface area contributed by atoms with E-state index in [1.54, 1.807) is 18.2 Å². The fourth-order valence-electron chi connectivity index (χ4n) is 3.95. The maximum absolute atomic E-state index is 13.1. The van der Waals surface area contributed by atoms with Gasteiger partial charge in [0.15, 0.2) is 6.61 Å². The van der Waals surface area contributed by atoms with Gasteiger partial charge in [0.05, 0.1) is 22.3 Å². The zero-order chi connectivity index (χ0) is 22.7. The van der Waals surface area contributed by atoms with Crippen molar-refractivity contribution in [3.63, 3.8) is 0 Å². The molecule has 0 saturated carbocycles. The molecule has 2 heterocycles. The molecule has 0 fully saturated rings. The first-order chi connectivity index (χ1) is 15.5. The SMILES string of the molecule is CCN1CCc2nc3ccccc3c(C(=O)OCC(=O)Nc3ccccc3C(N)=O)c2C1. The van der Waals surface area contributed by atoms with Gasteiger partial charge in [0.25, 0.3) is 11.8 Å². The van der Waals surface area contributed by atoms with Gasteiger partial charge in [0, 0.05) is 36.2 Å². The summed E-state index contributed by atoms with van der Waals surface area (Å²) in [6.45, 7) is 3.93. The second kappa shape index (κ2) is 9.15.